The van der Waals surface area contributed by atoms with Crippen molar-refractivity contribution in [2.24, 2.45) is 0 Å². The van der Waals surface area contributed by atoms with Crippen molar-refractivity contribution in [1.29, 1.82) is 0 Å². The maximum Gasteiger partial charge on any atom is 0.203 e. The molecule has 2 aromatic heterocycles. The van der Waals surface area contributed by atoms with E-state index in [1.165, 1.54) is 21.3 Å². The van der Waals surface area contributed by atoms with Crippen molar-refractivity contribution in [1.82, 2.24) is 9.36 Å². The van der Waals surface area contributed by atoms with Crippen LogP contribution in [0, 0.1) is 6.92 Å². The summed E-state index contributed by atoms with van der Waals surface area (Å²) in [6.07, 6.45) is 2.06. The van der Waals surface area contributed by atoms with Gasteiger partial charge in [0, 0.05) is 27.7 Å². The highest BCUT2D eigenvalue weighted by atomic mass is 32.1. The van der Waals surface area contributed by atoms with Crippen LogP contribution < -0.4 is 5.32 Å². The number of rotatable bonds is 5. The van der Waals surface area contributed by atoms with E-state index in [9.17, 15) is 0 Å². The molecule has 2 aromatic rings. The number of thiophene rings is 1. The summed E-state index contributed by atoms with van der Waals surface area (Å²) in [5, 5.41) is 4.33. The van der Waals surface area contributed by atoms with Gasteiger partial charge in [0.25, 0.3) is 0 Å². The maximum atomic E-state index is 4.47. The zero-order chi connectivity index (χ0) is 12.3. The van der Waals surface area contributed by atoms with Crippen molar-refractivity contribution in [3.8, 4) is 0 Å². The van der Waals surface area contributed by atoms with Crippen molar-refractivity contribution in [3.05, 3.63) is 27.7 Å². The fourth-order valence-corrected chi connectivity index (χ4v) is 3.16. The van der Waals surface area contributed by atoms with Gasteiger partial charge in [0.05, 0.1) is 6.04 Å². The molecule has 0 bridgehead atoms. The van der Waals surface area contributed by atoms with Crippen molar-refractivity contribution in [2.45, 2.75) is 39.7 Å². The normalized spacial score (nSPS) is 12.6. The Morgan fingerprint density at radius 2 is 2.24 bits per heavy atom. The molecule has 0 aromatic carbocycles. The Hall–Kier alpha value is -0.940. The predicted molar refractivity (Wildman–Crippen MR) is 75.0 cm³/mol. The van der Waals surface area contributed by atoms with Crippen LogP contribution in [0.3, 0.4) is 0 Å². The maximum absolute atomic E-state index is 4.47. The van der Waals surface area contributed by atoms with E-state index in [1.807, 2.05) is 11.3 Å². The molecule has 2 rings (SSSR count). The van der Waals surface area contributed by atoms with Crippen LogP contribution in [0.1, 0.15) is 41.9 Å². The first kappa shape index (κ1) is 12.5. The van der Waals surface area contributed by atoms with Gasteiger partial charge in [-0.1, -0.05) is 6.92 Å². The van der Waals surface area contributed by atoms with Gasteiger partial charge in [-0.15, -0.1) is 11.3 Å². The molecule has 0 aliphatic heterocycles. The summed E-state index contributed by atoms with van der Waals surface area (Å²) in [7, 11) is 0. The Morgan fingerprint density at radius 1 is 1.41 bits per heavy atom. The number of aromatic nitrogens is 2. The lowest BCUT2D eigenvalue weighted by molar-refractivity contribution is 0.852. The number of anilines is 1. The van der Waals surface area contributed by atoms with Gasteiger partial charge in [-0.3, -0.25) is 0 Å². The van der Waals surface area contributed by atoms with Crippen molar-refractivity contribution in [2.75, 3.05) is 5.32 Å². The second-order valence-corrected chi connectivity index (χ2v) is 6.15. The van der Waals surface area contributed by atoms with Gasteiger partial charge in [-0.05, 0) is 32.4 Å². The molecule has 0 radical (unpaired) electrons. The second kappa shape index (κ2) is 5.60. The van der Waals surface area contributed by atoms with E-state index >= 15 is 0 Å². The molecule has 5 heteroatoms. The Kier molecular flexibility index (Phi) is 4.12. The Labute approximate surface area is 110 Å². The topological polar surface area (TPSA) is 37.8 Å². The lowest BCUT2D eigenvalue weighted by Crippen LogP contribution is -2.04. The van der Waals surface area contributed by atoms with Gasteiger partial charge in [0.2, 0.25) is 5.13 Å². The van der Waals surface area contributed by atoms with Crippen LogP contribution in [0.25, 0.3) is 0 Å². The third-order valence-electron chi connectivity index (χ3n) is 2.47. The van der Waals surface area contributed by atoms with Crippen LogP contribution in [0.4, 0.5) is 5.13 Å². The van der Waals surface area contributed by atoms with Gasteiger partial charge >= 0.3 is 0 Å². The van der Waals surface area contributed by atoms with Gasteiger partial charge in [0.1, 0.15) is 5.82 Å². The van der Waals surface area contributed by atoms with E-state index < -0.39 is 0 Å². The fraction of sp³-hybridized carbons (Fsp3) is 0.500. The summed E-state index contributed by atoms with van der Waals surface area (Å²) in [5.41, 5.74) is 0. The van der Waals surface area contributed by atoms with Crippen LogP contribution >= 0.6 is 22.9 Å². The molecule has 1 unspecified atom stereocenters. The molecule has 3 nitrogen and oxygen atoms in total. The molecule has 1 atom stereocenters. The Bertz CT molecular complexity index is 476. The molecule has 92 valence electrons. The standard InChI is InChI=1S/C12H17N3S2/c1-4-5-11-14-12(17-15-11)13-9(3)10-7-6-8(2)16-10/h6-7,9H,4-5H2,1-3H3,(H,13,14,15). The molecule has 0 saturated carbocycles. The summed E-state index contributed by atoms with van der Waals surface area (Å²) >= 11 is 3.28. The third-order valence-corrected chi connectivity index (χ3v) is 4.34. The predicted octanol–water partition coefficient (Wildman–Crippen LogP) is 4.03. The number of hydrogen-bond acceptors (Lipinski definition) is 5. The van der Waals surface area contributed by atoms with E-state index in [0.29, 0.717) is 6.04 Å². The molecular weight excluding hydrogens is 250 g/mol. The molecule has 1 N–H and O–H groups in total. The number of hydrogen-bond donors (Lipinski definition) is 1. The van der Waals surface area contributed by atoms with Crippen LogP contribution in [0.2, 0.25) is 0 Å². The fourth-order valence-electron chi connectivity index (χ4n) is 1.58. The van der Waals surface area contributed by atoms with E-state index in [4.69, 9.17) is 0 Å². The zero-order valence-electron chi connectivity index (χ0n) is 10.4. The van der Waals surface area contributed by atoms with Gasteiger partial charge < -0.3 is 5.32 Å². The monoisotopic (exact) mass is 267 g/mol. The highest BCUT2D eigenvalue weighted by Crippen LogP contribution is 2.26. The van der Waals surface area contributed by atoms with Crippen LogP contribution in [-0.2, 0) is 6.42 Å². The van der Waals surface area contributed by atoms with Crippen LogP contribution in [0.5, 0.6) is 0 Å². The highest BCUT2D eigenvalue weighted by Gasteiger charge is 2.10. The number of nitrogens with one attached hydrogen (secondary N) is 1. The Morgan fingerprint density at radius 3 is 2.88 bits per heavy atom. The minimum atomic E-state index is 0.302. The van der Waals surface area contributed by atoms with E-state index in [2.05, 4.69) is 47.6 Å². The van der Waals surface area contributed by atoms with E-state index in [0.717, 1.165) is 23.8 Å². The average molecular weight is 267 g/mol. The largest absolute Gasteiger partial charge is 0.353 e. The first-order valence-corrected chi connectivity index (χ1v) is 7.43. The molecule has 0 amide bonds. The molecule has 0 saturated heterocycles. The summed E-state index contributed by atoms with van der Waals surface area (Å²) in [6, 6.07) is 4.63. The first-order chi connectivity index (χ1) is 8.19. The number of aryl methyl sites for hydroxylation is 2. The molecule has 2 heterocycles. The molecule has 0 aliphatic rings. The van der Waals surface area contributed by atoms with Crippen LogP contribution in [0.15, 0.2) is 12.1 Å². The zero-order valence-corrected chi connectivity index (χ0v) is 12.0. The first-order valence-electron chi connectivity index (χ1n) is 5.84. The molecule has 17 heavy (non-hydrogen) atoms. The lowest BCUT2D eigenvalue weighted by Gasteiger charge is -2.09. The number of nitrogens with zero attached hydrogens (tertiary/aromatic N) is 2. The lowest BCUT2D eigenvalue weighted by atomic mass is 10.3. The summed E-state index contributed by atoms with van der Waals surface area (Å²) in [6.45, 7) is 6.43. The summed E-state index contributed by atoms with van der Waals surface area (Å²) < 4.78 is 4.33. The van der Waals surface area contributed by atoms with Crippen molar-refractivity contribution in [3.63, 3.8) is 0 Å². The SMILES string of the molecule is CCCc1nsc(NC(C)c2ccc(C)s2)n1. The minimum absolute atomic E-state index is 0.302. The molecule has 0 fully saturated rings. The quantitative estimate of drug-likeness (QED) is 0.888. The van der Waals surface area contributed by atoms with Gasteiger partial charge in [-0.2, -0.15) is 4.37 Å². The molecule has 0 aliphatic carbocycles. The highest BCUT2D eigenvalue weighted by molar-refractivity contribution is 7.12. The average Bonchev–Trinajstić information content (AvgIpc) is 2.88. The van der Waals surface area contributed by atoms with Crippen LogP contribution in [-0.4, -0.2) is 9.36 Å². The van der Waals surface area contributed by atoms with E-state index in [-0.39, 0.29) is 0 Å². The van der Waals surface area contributed by atoms with E-state index in [1.54, 1.807) is 0 Å². The smallest absolute Gasteiger partial charge is 0.203 e. The second-order valence-electron chi connectivity index (χ2n) is 4.08. The molecular formula is C12H17N3S2. The minimum Gasteiger partial charge on any atom is -0.353 e. The molecule has 0 spiro atoms. The van der Waals surface area contributed by atoms with Gasteiger partial charge in [0.15, 0.2) is 0 Å². The van der Waals surface area contributed by atoms with Crippen molar-refractivity contribution >= 4 is 28.0 Å². The van der Waals surface area contributed by atoms with Crippen molar-refractivity contribution < 1.29 is 0 Å². The summed E-state index contributed by atoms with van der Waals surface area (Å²) in [5.74, 6) is 0.953. The Balaban J connectivity index is 1.99. The summed E-state index contributed by atoms with van der Waals surface area (Å²) in [4.78, 5) is 7.16. The van der Waals surface area contributed by atoms with Gasteiger partial charge in [-0.25, -0.2) is 4.98 Å². The third kappa shape index (κ3) is 3.26.